The van der Waals surface area contributed by atoms with Gasteiger partial charge in [0.05, 0.1) is 5.75 Å². The Morgan fingerprint density at radius 1 is 1.08 bits per heavy atom. The summed E-state index contributed by atoms with van der Waals surface area (Å²) in [6.45, 7) is 4.08. The quantitative estimate of drug-likeness (QED) is 0.810. The van der Waals surface area contributed by atoms with Crippen molar-refractivity contribution >= 4 is 15.7 Å². The van der Waals surface area contributed by atoms with Crippen LogP contribution in [0.5, 0.6) is 0 Å². The number of amides is 1. The van der Waals surface area contributed by atoms with E-state index in [2.05, 4.69) is 4.90 Å². The van der Waals surface area contributed by atoms with Crippen LogP contribution in [0.2, 0.25) is 0 Å². The van der Waals surface area contributed by atoms with Crippen LogP contribution in [0.4, 0.5) is 0 Å². The van der Waals surface area contributed by atoms with Gasteiger partial charge in [-0.1, -0.05) is 18.2 Å². The van der Waals surface area contributed by atoms with Crippen LogP contribution in [-0.2, 0) is 9.84 Å². The first kappa shape index (κ1) is 17.4. The predicted octanol–water partition coefficient (Wildman–Crippen LogP) is 1.66. The van der Waals surface area contributed by atoms with Crippen LogP contribution in [0.15, 0.2) is 30.3 Å². The number of carbonyl (C=O) groups excluding carboxylic acids is 1. The first-order valence-corrected chi connectivity index (χ1v) is 10.7. The van der Waals surface area contributed by atoms with E-state index >= 15 is 0 Å². The minimum absolute atomic E-state index is 0.0355. The maximum atomic E-state index is 12.6. The average Bonchev–Trinajstić information content (AvgIpc) is 3.30. The molecular weight excluding hydrogens is 324 g/mol. The lowest BCUT2D eigenvalue weighted by molar-refractivity contribution is 0.0760. The number of benzene rings is 1. The number of hydrogen-bond donors (Lipinski definition) is 0. The zero-order valence-electron chi connectivity index (χ0n) is 14.3. The third-order valence-electron chi connectivity index (χ3n) is 4.98. The van der Waals surface area contributed by atoms with E-state index in [0.717, 1.165) is 51.0 Å². The molecule has 1 aromatic carbocycles. The van der Waals surface area contributed by atoms with Gasteiger partial charge in [0.1, 0.15) is 9.84 Å². The Morgan fingerprint density at radius 2 is 1.79 bits per heavy atom. The molecule has 1 heterocycles. The minimum Gasteiger partial charge on any atom is -0.337 e. The van der Waals surface area contributed by atoms with E-state index in [1.54, 1.807) is 0 Å². The molecule has 0 N–H and O–H groups in total. The summed E-state index contributed by atoms with van der Waals surface area (Å²) in [5.41, 5.74) is 0.702. The fourth-order valence-electron chi connectivity index (χ4n) is 3.65. The van der Waals surface area contributed by atoms with Crippen LogP contribution in [0, 0.1) is 5.41 Å². The zero-order chi connectivity index (χ0) is 17.2. The van der Waals surface area contributed by atoms with Gasteiger partial charge in [-0.2, -0.15) is 0 Å². The molecule has 0 atom stereocenters. The molecule has 0 radical (unpaired) electrons. The Balaban J connectivity index is 1.57. The van der Waals surface area contributed by atoms with Crippen molar-refractivity contribution in [2.75, 3.05) is 44.7 Å². The van der Waals surface area contributed by atoms with E-state index in [-0.39, 0.29) is 11.3 Å². The largest absolute Gasteiger partial charge is 0.337 e. The lowest BCUT2D eigenvalue weighted by Crippen LogP contribution is -2.38. The van der Waals surface area contributed by atoms with E-state index in [1.165, 1.54) is 6.26 Å². The number of carbonyl (C=O) groups is 1. The van der Waals surface area contributed by atoms with Gasteiger partial charge in [-0.05, 0) is 43.4 Å². The van der Waals surface area contributed by atoms with E-state index in [4.69, 9.17) is 0 Å². The summed E-state index contributed by atoms with van der Waals surface area (Å²) in [5, 5.41) is 0. The van der Waals surface area contributed by atoms with Gasteiger partial charge < -0.3 is 9.80 Å². The number of rotatable bonds is 5. The average molecular weight is 350 g/mol. The van der Waals surface area contributed by atoms with Crippen molar-refractivity contribution in [1.29, 1.82) is 0 Å². The van der Waals surface area contributed by atoms with Crippen molar-refractivity contribution in [1.82, 2.24) is 9.80 Å². The molecule has 24 heavy (non-hydrogen) atoms. The minimum atomic E-state index is -2.93. The fraction of sp³-hybridized carbons (Fsp3) is 0.611. The summed E-state index contributed by atoms with van der Waals surface area (Å²) in [7, 11) is -2.93. The van der Waals surface area contributed by atoms with E-state index in [0.29, 0.717) is 12.3 Å². The Labute approximate surface area is 144 Å². The molecule has 1 saturated heterocycles. The molecule has 2 aliphatic rings. The molecule has 132 valence electrons. The van der Waals surface area contributed by atoms with E-state index in [9.17, 15) is 13.2 Å². The summed E-state index contributed by atoms with van der Waals surface area (Å²) >= 11 is 0. The van der Waals surface area contributed by atoms with Crippen LogP contribution >= 0.6 is 0 Å². The highest BCUT2D eigenvalue weighted by Gasteiger charge is 2.46. The SMILES string of the molecule is CS(=O)(=O)CC1(CN2CCCN(C(=O)c3ccccc3)CC2)CC1. The number of sulfone groups is 1. The van der Waals surface area contributed by atoms with Gasteiger partial charge in [-0.15, -0.1) is 0 Å². The Kier molecular flexibility index (Phi) is 4.97. The molecule has 0 bridgehead atoms. The van der Waals surface area contributed by atoms with Crippen LogP contribution < -0.4 is 0 Å². The molecule has 3 rings (SSSR count). The van der Waals surface area contributed by atoms with Gasteiger partial charge in [0.15, 0.2) is 0 Å². The number of nitrogens with zero attached hydrogens (tertiary/aromatic N) is 2. The van der Waals surface area contributed by atoms with Gasteiger partial charge >= 0.3 is 0 Å². The monoisotopic (exact) mass is 350 g/mol. The second kappa shape index (κ2) is 6.84. The van der Waals surface area contributed by atoms with Crippen molar-refractivity contribution in [2.45, 2.75) is 19.3 Å². The summed E-state index contributed by atoms with van der Waals surface area (Å²) in [6.07, 6.45) is 4.27. The van der Waals surface area contributed by atoms with E-state index < -0.39 is 9.84 Å². The molecule has 2 fully saturated rings. The molecule has 1 aliphatic heterocycles. The van der Waals surface area contributed by atoms with Gasteiger partial charge in [0.2, 0.25) is 0 Å². The second-order valence-corrected chi connectivity index (χ2v) is 9.50. The maximum absolute atomic E-state index is 12.6. The third-order valence-corrected chi connectivity index (χ3v) is 6.12. The first-order valence-electron chi connectivity index (χ1n) is 8.61. The Morgan fingerprint density at radius 3 is 2.42 bits per heavy atom. The fourth-order valence-corrected chi connectivity index (χ4v) is 5.14. The summed E-state index contributed by atoms with van der Waals surface area (Å²) in [4.78, 5) is 16.8. The lowest BCUT2D eigenvalue weighted by atomic mass is 10.1. The molecule has 0 unspecified atom stereocenters. The first-order chi connectivity index (χ1) is 11.4. The highest BCUT2D eigenvalue weighted by molar-refractivity contribution is 7.90. The van der Waals surface area contributed by atoms with Crippen molar-refractivity contribution in [3.05, 3.63) is 35.9 Å². The zero-order valence-corrected chi connectivity index (χ0v) is 15.1. The van der Waals surface area contributed by atoms with Gasteiger partial charge in [0.25, 0.3) is 5.91 Å². The van der Waals surface area contributed by atoms with Crippen LogP contribution in [0.1, 0.15) is 29.6 Å². The van der Waals surface area contributed by atoms with Gasteiger partial charge in [-0.3, -0.25) is 4.79 Å². The molecule has 1 aliphatic carbocycles. The van der Waals surface area contributed by atoms with Crippen molar-refractivity contribution in [3.8, 4) is 0 Å². The van der Waals surface area contributed by atoms with Crippen molar-refractivity contribution in [2.24, 2.45) is 5.41 Å². The standard InChI is InChI=1S/C18H26N2O3S/c1-24(22,23)15-18(8-9-18)14-19-10-5-11-20(13-12-19)17(21)16-6-3-2-4-7-16/h2-4,6-7H,5,8-15H2,1H3. The molecule has 1 amide bonds. The molecule has 0 aromatic heterocycles. The topological polar surface area (TPSA) is 57.7 Å². The van der Waals surface area contributed by atoms with Gasteiger partial charge in [-0.25, -0.2) is 8.42 Å². The lowest BCUT2D eigenvalue weighted by Gasteiger charge is -2.26. The maximum Gasteiger partial charge on any atom is 0.253 e. The third kappa shape index (κ3) is 4.57. The normalized spacial score (nSPS) is 21.3. The van der Waals surface area contributed by atoms with Gasteiger partial charge in [0, 0.05) is 38.0 Å². The van der Waals surface area contributed by atoms with Crippen molar-refractivity contribution in [3.63, 3.8) is 0 Å². The predicted molar refractivity (Wildman–Crippen MR) is 94.8 cm³/mol. The summed E-state index contributed by atoms with van der Waals surface area (Å²) < 4.78 is 23.2. The second-order valence-electron chi connectivity index (χ2n) is 7.36. The molecule has 5 nitrogen and oxygen atoms in total. The Hall–Kier alpha value is -1.40. The van der Waals surface area contributed by atoms with Crippen molar-refractivity contribution < 1.29 is 13.2 Å². The highest BCUT2D eigenvalue weighted by Crippen LogP contribution is 2.47. The molecule has 0 spiro atoms. The molecule has 6 heteroatoms. The van der Waals surface area contributed by atoms with Crippen LogP contribution in [0.25, 0.3) is 0 Å². The summed E-state index contributed by atoms with van der Waals surface area (Å²) in [6, 6.07) is 9.41. The number of hydrogen-bond acceptors (Lipinski definition) is 4. The highest BCUT2D eigenvalue weighted by atomic mass is 32.2. The molecule has 1 aromatic rings. The Bertz CT molecular complexity index is 683. The van der Waals surface area contributed by atoms with Crippen LogP contribution in [-0.4, -0.2) is 68.9 Å². The molecular formula is C18H26N2O3S. The van der Waals surface area contributed by atoms with E-state index in [1.807, 2.05) is 35.2 Å². The smallest absolute Gasteiger partial charge is 0.253 e. The molecule has 1 saturated carbocycles. The summed E-state index contributed by atoms with van der Waals surface area (Å²) in [5.74, 6) is 0.387. The van der Waals surface area contributed by atoms with Crippen LogP contribution in [0.3, 0.4) is 0 Å².